The molecule has 226 valence electrons. The van der Waals surface area contributed by atoms with Crippen LogP contribution in [0.4, 0.5) is 0 Å². The highest BCUT2D eigenvalue weighted by atomic mass is 16.3. The number of hydrogen-bond donors (Lipinski definition) is 0. The highest BCUT2D eigenvalue weighted by Crippen LogP contribution is 2.38. The normalized spacial score (nSPS) is 11.3. The van der Waals surface area contributed by atoms with Crippen molar-refractivity contribution in [3.8, 4) is 33.4 Å². The minimum atomic E-state index is 0.852. The molecule has 9 rings (SSSR count). The first kappa shape index (κ1) is 28.6. The van der Waals surface area contributed by atoms with Crippen molar-refractivity contribution >= 4 is 43.9 Å². The fraction of sp³-hybridized carbons (Fsp3) is 0.0667. The predicted molar refractivity (Wildman–Crippen MR) is 198 cm³/mol. The van der Waals surface area contributed by atoms with E-state index in [9.17, 15) is 0 Å². The van der Waals surface area contributed by atoms with E-state index in [2.05, 4.69) is 154 Å². The van der Waals surface area contributed by atoms with Gasteiger partial charge in [-0.15, -0.1) is 0 Å². The molecule has 9 aromatic rings. The molecular formula is C45H34O2. The van der Waals surface area contributed by atoms with Crippen LogP contribution in [0.25, 0.3) is 77.3 Å². The van der Waals surface area contributed by atoms with Gasteiger partial charge in [0.15, 0.2) is 0 Å². The average Bonchev–Trinajstić information content (AvgIpc) is 3.65. The minimum absolute atomic E-state index is 0.852. The molecule has 0 fully saturated rings. The zero-order valence-electron chi connectivity index (χ0n) is 26.8. The van der Waals surface area contributed by atoms with Gasteiger partial charge in [-0.2, -0.15) is 0 Å². The van der Waals surface area contributed by atoms with Gasteiger partial charge in [-0.1, -0.05) is 121 Å². The van der Waals surface area contributed by atoms with Crippen LogP contribution in [0, 0.1) is 20.8 Å². The molecule has 0 N–H and O–H groups in total. The highest BCUT2D eigenvalue weighted by Gasteiger charge is 2.14. The van der Waals surface area contributed by atoms with Crippen LogP contribution in [0.1, 0.15) is 16.7 Å². The zero-order chi connectivity index (χ0) is 31.9. The maximum Gasteiger partial charge on any atom is 0.139 e. The number of aryl methyl sites for hydroxylation is 3. The smallest absolute Gasteiger partial charge is 0.139 e. The molecule has 2 heteroatoms. The summed E-state index contributed by atoms with van der Waals surface area (Å²) in [6, 6.07) is 53.2. The Kier molecular flexibility index (Phi) is 7.19. The molecule has 2 aromatic heterocycles. The summed E-state index contributed by atoms with van der Waals surface area (Å²) in [7, 11) is 0. The standard InChI is InChI=1S/C31H20O2.C14H14/c1-19-7-13-28-24(15-19)26-17-27-25-16-23(12-14-29(25)33-31(27)18-30(26)32-28)22-10-8-21(9-11-22)20-5-3-2-4-6-20;1-11-7-3-5-9-13(11)14-10-6-4-8-12(14)2/h2-18H,1H3;3-10H,1-2H3. The Bertz CT molecular complexity index is 2490. The van der Waals surface area contributed by atoms with Gasteiger partial charge in [0.2, 0.25) is 0 Å². The molecule has 2 nitrogen and oxygen atoms in total. The molecule has 7 aromatic carbocycles. The van der Waals surface area contributed by atoms with Crippen LogP contribution in [-0.2, 0) is 0 Å². The molecule has 47 heavy (non-hydrogen) atoms. The number of fused-ring (bicyclic) bond motifs is 6. The van der Waals surface area contributed by atoms with E-state index in [-0.39, 0.29) is 0 Å². The molecule has 0 aliphatic rings. The monoisotopic (exact) mass is 606 g/mol. The van der Waals surface area contributed by atoms with Gasteiger partial charge in [-0.3, -0.25) is 0 Å². The second kappa shape index (κ2) is 11.8. The van der Waals surface area contributed by atoms with Gasteiger partial charge >= 0.3 is 0 Å². The Hall–Kier alpha value is -5.86. The van der Waals surface area contributed by atoms with Crippen LogP contribution in [-0.4, -0.2) is 0 Å². The van der Waals surface area contributed by atoms with Gasteiger partial charge in [0, 0.05) is 27.6 Å². The Balaban J connectivity index is 0.000000194. The summed E-state index contributed by atoms with van der Waals surface area (Å²) in [5, 5.41) is 4.51. The molecule has 0 saturated heterocycles. The zero-order valence-corrected chi connectivity index (χ0v) is 26.8. The predicted octanol–water partition coefficient (Wildman–Crippen LogP) is 13.1. The summed E-state index contributed by atoms with van der Waals surface area (Å²) in [5.41, 5.74) is 14.9. The van der Waals surface area contributed by atoms with Gasteiger partial charge in [0.05, 0.1) is 0 Å². The topological polar surface area (TPSA) is 26.3 Å². The lowest BCUT2D eigenvalue weighted by Gasteiger charge is -2.08. The largest absolute Gasteiger partial charge is 0.456 e. The van der Waals surface area contributed by atoms with Crippen molar-refractivity contribution < 1.29 is 8.83 Å². The van der Waals surface area contributed by atoms with E-state index in [4.69, 9.17) is 8.83 Å². The third kappa shape index (κ3) is 5.38. The summed E-state index contributed by atoms with van der Waals surface area (Å²) in [5.74, 6) is 0. The molecule has 0 spiro atoms. The van der Waals surface area contributed by atoms with Crippen LogP contribution in [0.5, 0.6) is 0 Å². The molecule has 0 bridgehead atoms. The van der Waals surface area contributed by atoms with Crippen molar-refractivity contribution in [1.29, 1.82) is 0 Å². The van der Waals surface area contributed by atoms with Crippen LogP contribution in [0.15, 0.2) is 160 Å². The van der Waals surface area contributed by atoms with E-state index in [1.165, 1.54) is 50.1 Å². The molecule has 0 aliphatic carbocycles. The minimum Gasteiger partial charge on any atom is -0.456 e. The van der Waals surface area contributed by atoms with E-state index in [0.717, 1.165) is 43.9 Å². The summed E-state index contributed by atoms with van der Waals surface area (Å²) >= 11 is 0. The second-order valence-corrected chi connectivity index (χ2v) is 12.3. The van der Waals surface area contributed by atoms with E-state index in [1.807, 2.05) is 18.2 Å². The third-order valence-corrected chi connectivity index (χ3v) is 9.12. The fourth-order valence-corrected chi connectivity index (χ4v) is 6.58. The lowest BCUT2D eigenvalue weighted by atomic mass is 9.97. The lowest BCUT2D eigenvalue weighted by Crippen LogP contribution is -1.85. The summed E-state index contributed by atoms with van der Waals surface area (Å²) in [6.07, 6.45) is 0. The molecule has 0 unspecified atom stereocenters. The van der Waals surface area contributed by atoms with Crippen LogP contribution >= 0.6 is 0 Å². The Morgan fingerprint density at radius 2 is 0.766 bits per heavy atom. The van der Waals surface area contributed by atoms with Crippen molar-refractivity contribution in [3.05, 3.63) is 168 Å². The maximum absolute atomic E-state index is 6.19. The first-order valence-electron chi connectivity index (χ1n) is 16.1. The van der Waals surface area contributed by atoms with Crippen molar-refractivity contribution in [3.63, 3.8) is 0 Å². The molecule has 0 atom stereocenters. The molecule has 2 heterocycles. The number of furan rings is 2. The fourth-order valence-electron chi connectivity index (χ4n) is 6.58. The third-order valence-electron chi connectivity index (χ3n) is 9.12. The maximum atomic E-state index is 6.19. The summed E-state index contributed by atoms with van der Waals surface area (Å²) in [4.78, 5) is 0. The van der Waals surface area contributed by atoms with E-state index >= 15 is 0 Å². The van der Waals surface area contributed by atoms with Gasteiger partial charge < -0.3 is 8.83 Å². The van der Waals surface area contributed by atoms with E-state index in [0.29, 0.717) is 0 Å². The summed E-state index contributed by atoms with van der Waals surface area (Å²) < 4.78 is 12.3. The number of hydrogen-bond acceptors (Lipinski definition) is 2. The van der Waals surface area contributed by atoms with Gasteiger partial charge in [-0.05, 0) is 95.6 Å². The Labute approximate surface area is 274 Å². The van der Waals surface area contributed by atoms with Crippen molar-refractivity contribution in [2.75, 3.05) is 0 Å². The Morgan fingerprint density at radius 3 is 1.36 bits per heavy atom. The lowest BCUT2D eigenvalue weighted by molar-refractivity contribution is 0.656. The Morgan fingerprint density at radius 1 is 0.319 bits per heavy atom. The van der Waals surface area contributed by atoms with Gasteiger partial charge in [0.1, 0.15) is 22.3 Å². The quantitative estimate of drug-likeness (QED) is 0.200. The van der Waals surface area contributed by atoms with Crippen LogP contribution < -0.4 is 0 Å². The number of benzene rings is 7. The first-order valence-corrected chi connectivity index (χ1v) is 16.1. The highest BCUT2D eigenvalue weighted by molar-refractivity contribution is 6.15. The van der Waals surface area contributed by atoms with Gasteiger partial charge in [0.25, 0.3) is 0 Å². The molecule has 0 aliphatic heterocycles. The van der Waals surface area contributed by atoms with Crippen molar-refractivity contribution in [2.24, 2.45) is 0 Å². The number of rotatable bonds is 3. The van der Waals surface area contributed by atoms with E-state index in [1.54, 1.807) is 0 Å². The molecule has 0 saturated carbocycles. The molecule has 0 amide bonds. The van der Waals surface area contributed by atoms with Crippen LogP contribution in [0.2, 0.25) is 0 Å². The SMILES string of the molecule is Cc1ccc2oc3cc4oc5ccc(-c6ccc(-c7ccccc7)cc6)cc5c4cc3c2c1.Cc1ccccc1-c1ccccc1C. The molecule has 0 radical (unpaired) electrons. The van der Waals surface area contributed by atoms with Gasteiger partial charge in [-0.25, -0.2) is 0 Å². The first-order chi connectivity index (χ1) is 23.0. The molecular weight excluding hydrogens is 572 g/mol. The van der Waals surface area contributed by atoms with Crippen molar-refractivity contribution in [1.82, 2.24) is 0 Å². The van der Waals surface area contributed by atoms with Crippen LogP contribution in [0.3, 0.4) is 0 Å². The second-order valence-electron chi connectivity index (χ2n) is 12.3. The van der Waals surface area contributed by atoms with Crippen molar-refractivity contribution in [2.45, 2.75) is 20.8 Å². The average molecular weight is 607 g/mol. The summed E-state index contributed by atoms with van der Waals surface area (Å²) in [6.45, 7) is 6.42. The van der Waals surface area contributed by atoms with E-state index < -0.39 is 0 Å².